The third-order valence-corrected chi connectivity index (χ3v) is 3.69. The number of amides is 1. The standard InChI is InChI=1S/C16H13NO2/c1-17-15(19)11-13(12-7-3-2-4-8-12)16(17)10-6-5-9-14(16)18/h2-11H,1H3. The first-order chi connectivity index (χ1) is 9.16. The van der Waals surface area contributed by atoms with Crippen molar-refractivity contribution in [3.05, 3.63) is 66.3 Å². The van der Waals surface area contributed by atoms with Gasteiger partial charge in [-0.2, -0.15) is 0 Å². The minimum atomic E-state index is -0.979. The molecule has 0 saturated heterocycles. The predicted octanol–water partition coefficient (Wildman–Crippen LogP) is 1.98. The summed E-state index contributed by atoms with van der Waals surface area (Å²) in [6.07, 6.45) is 8.38. The number of benzene rings is 1. The minimum absolute atomic E-state index is 0.0848. The van der Waals surface area contributed by atoms with Gasteiger partial charge in [0.05, 0.1) is 0 Å². The summed E-state index contributed by atoms with van der Waals surface area (Å²) in [6, 6.07) is 9.55. The van der Waals surface area contributed by atoms with Crippen molar-refractivity contribution in [2.75, 3.05) is 7.05 Å². The molecular formula is C16H13NO2. The molecule has 3 nitrogen and oxygen atoms in total. The van der Waals surface area contributed by atoms with E-state index >= 15 is 0 Å². The average molecular weight is 251 g/mol. The van der Waals surface area contributed by atoms with Crippen molar-refractivity contribution in [3.8, 4) is 0 Å². The van der Waals surface area contributed by atoms with Gasteiger partial charge in [-0.1, -0.05) is 42.5 Å². The van der Waals surface area contributed by atoms with Crippen LogP contribution >= 0.6 is 0 Å². The Morgan fingerprint density at radius 2 is 1.79 bits per heavy atom. The summed E-state index contributed by atoms with van der Waals surface area (Å²) in [5.74, 6) is -0.231. The first-order valence-electron chi connectivity index (χ1n) is 6.12. The van der Waals surface area contributed by atoms with Crippen LogP contribution in [-0.2, 0) is 9.59 Å². The summed E-state index contributed by atoms with van der Waals surface area (Å²) in [4.78, 5) is 25.9. The lowest BCUT2D eigenvalue weighted by molar-refractivity contribution is -0.132. The summed E-state index contributed by atoms with van der Waals surface area (Å²) < 4.78 is 0. The molecule has 0 aromatic heterocycles. The Bertz CT molecular complexity index is 640. The van der Waals surface area contributed by atoms with Crippen molar-refractivity contribution >= 4 is 17.3 Å². The molecule has 0 fully saturated rings. The molecule has 0 N–H and O–H groups in total. The van der Waals surface area contributed by atoms with Gasteiger partial charge in [-0.15, -0.1) is 0 Å². The van der Waals surface area contributed by atoms with Gasteiger partial charge in [0.15, 0.2) is 11.3 Å². The van der Waals surface area contributed by atoms with Crippen molar-refractivity contribution in [1.29, 1.82) is 0 Å². The fraction of sp³-hybridized carbons (Fsp3) is 0.125. The van der Waals surface area contributed by atoms with Crippen LogP contribution in [0.1, 0.15) is 5.56 Å². The lowest BCUT2D eigenvalue weighted by Gasteiger charge is -2.35. The van der Waals surface area contributed by atoms with Gasteiger partial charge in [0.2, 0.25) is 5.91 Å². The van der Waals surface area contributed by atoms with E-state index in [1.54, 1.807) is 25.3 Å². The first kappa shape index (κ1) is 11.7. The average Bonchev–Trinajstić information content (AvgIpc) is 2.69. The van der Waals surface area contributed by atoms with Crippen LogP contribution in [0.3, 0.4) is 0 Å². The van der Waals surface area contributed by atoms with E-state index in [1.807, 2.05) is 36.4 Å². The van der Waals surface area contributed by atoms with E-state index in [0.717, 1.165) is 11.1 Å². The van der Waals surface area contributed by atoms with Crippen molar-refractivity contribution in [2.45, 2.75) is 5.54 Å². The highest BCUT2D eigenvalue weighted by Gasteiger charge is 2.49. The maximum atomic E-state index is 12.4. The van der Waals surface area contributed by atoms with Gasteiger partial charge < -0.3 is 4.90 Å². The number of carbonyl (C=O) groups is 2. The Morgan fingerprint density at radius 1 is 1.05 bits per heavy atom. The molecule has 1 aliphatic carbocycles. The molecule has 1 unspecified atom stereocenters. The Kier molecular flexibility index (Phi) is 2.49. The number of rotatable bonds is 1. The molecule has 19 heavy (non-hydrogen) atoms. The fourth-order valence-electron chi connectivity index (χ4n) is 2.65. The second kappa shape index (κ2) is 4.05. The molecule has 3 rings (SSSR count). The highest BCUT2D eigenvalue weighted by molar-refractivity contribution is 6.19. The van der Waals surface area contributed by atoms with Gasteiger partial charge in [0.1, 0.15) is 0 Å². The van der Waals surface area contributed by atoms with Gasteiger partial charge in [-0.05, 0) is 17.7 Å². The van der Waals surface area contributed by atoms with Gasteiger partial charge in [-0.3, -0.25) is 9.59 Å². The second-order valence-corrected chi connectivity index (χ2v) is 4.67. The molecule has 1 aromatic rings. The van der Waals surface area contributed by atoms with Crippen LogP contribution in [0, 0.1) is 0 Å². The zero-order valence-electron chi connectivity index (χ0n) is 10.5. The number of carbonyl (C=O) groups excluding carboxylic acids is 2. The Labute approximate surface area is 111 Å². The van der Waals surface area contributed by atoms with Crippen molar-refractivity contribution < 1.29 is 9.59 Å². The summed E-state index contributed by atoms with van der Waals surface area (Å²) in [5, 5.41) is 0. The van der Waals surface area contributed by atoms with Crippen LogP contribution in [0.5, 0.6) is 0 Å². The zero-order chi connectivity index (χ0) is 13.5. The predicted molar refractivity (Wildman–Crippen MR) is 73.2 cm³/mol. The van der Waals surface area contributed by atoms with Crippen LogP contribution in [0.2, 0.25) is 0 Å². The van der Waals surface area contributed by atoms with E-state index in [0.29, 0.717) is 0 Å². The molecule has 0 saturated carbocycles. The largest absolute Gasteiger partial charge is 0.322 e. The topological polar surface area (TPSA) is 37.4 Å². The van der Waals surface area contributed by atoms with E-state index in [1.165, 1.54) is 11.0 Å². The van der Waals surface area contributed by atoms with E-state index < -0.39 is 5.54 Å². The number of ketones is 1. The highest BCUT2D eigenvalue weighted by atomic mass is 16.2. The Hall–Kier alpha value is -2.42. The molecule has 1 atom stereocenters. The molecule has 0 bridgehead atoms. The monoisotopic (exact) mass is 251 g/mol. The fourth-order valence-corrected chi connectivity index (χ4v) is 2.65. The molecule has 1 amide bonds. The summed E-state index contributed by atoms with van der Waals surface area (Å²) in [7, 11) is 1.66. The number of hydrogen-bond acceptors (Lipinski definition) is 2. The normalized spacial score (nSPS) is 25.3. The van der Waals surface area contributed by atoms with E-state index in [9.17, 15) is 9.59 Å². The molecule has 0 radical (unpaired) electrons. The third kappa shape index (κ3) is 1.51. The van der Waals surface area contributed by atoms with Crippen LogP contribution < -0.4 is 0 Å². The number of hydrogen-bond donors (Lipinski definition) is 0. The first-order valence-corrected chi connectivity index (χ1v) is 6.12. The highest BCUT2D eigenvalue weighted by Crippen LogP contribution is 2.40. The molecule has 1 aromatic carbocycles. The third-order valence-electron chi connectivity index (χ3n) is 3.69. The zero-order valence-corrected chi connectivity index (χ0v) is 10.5. The number of allylic oxidation sites excluding steroid dienone is 2. The van der Waals surface area contributed by atoms with E-state index in [2.05, 4.69) is 0 Å². The lowest BCUT2D eigenvalue weighted by atomic mass is 9.80. The molecule has 3 heteroatoms. The Morgan fingerprint density at radius 3 is 2.47 bits per heavy atom. The summed E-state index contributed by atoms with van der Waals surface area (Å²) in [5.41, 5.74) is 0.660. The summed E-state index contributed by atoms with van der Waals surface area (Å²) in [6.45, 7) is 0. The van der Waals surface area contributed by atoms with Crippen molar-refractivity contribution in [3.63, 3.8) is 0 Å². The van der Waals surface area contributed by atoms with Gasteiger partial charge in [-0.25, -0.2) is 0 Å². The van der Waals surface area contributed by atoms with Gasteiger partial charge in [0.25, 0.3) is 0 Å². The van der Waals surface area contributed by atoms with Crippen LogP contribution in [0.15, 0.2) is 60.7 Å². The minimum Gasteiger partial charge on any atom is -0.322 e. The molecule has 1 spiro atoms. The molecule has 2 aliphatic rings. The van der Waals surface area contributed by atoms with E-state index in [4.69, 9.17) is 0 Å². The quantitative estimate of drug-likeness (QED) is 0.765. The van der Waals surface area contributed by atoms with Gasteiger partial charge in [0, 0.05) is 18.7 Å². The van der Waals surface area contributed by atoms with Crippen molar-refractivity contribution in [1.82, 2.24) is 4.90 Å². The SMILES string of the molecule is CN1C(=O)C=C(c2ccccc2)C12C=CC=CC2=O. The maximum Gasteiger partial charge on any atom is 0.248 e. The second-order valence-electron chi connectivity index (χ2n) is 4.67. The molecular weight excluding hydrogens is 238 g/mol. The molecule has 1 heterocycles. The Balaban J connectivity index is 2.20. The van der Waals surface area contributed by atoms with Crippen molar-refractivity contribution in [2.24, 2.45) is 0 Å². The molecule has 1 aliphatic heterocycles. The number of nitrogens with zero attached hydrogens (tertiary/aromatic N) is 1. The lowest BCUT2D eigenvalue weighted by Crippen LogP contribution is -2.50. The van der Waals surface area contributed by atoms with Gasteiger partial charge >= 0.3 is 0 Å². The van der Waals surface area contributed by atoms with Crippen LogP contribution in [0.25, 0.3) is 5.57 Å². The smallest absolute Gasteiger partial charge is 0.248 e. The summed E-state index contributed by atoms with van der Waals surface area (Å²) >= 11 is 0. The van der Waals surface area contributed by atoms with E-state index in [-0.39, 0.29) is 11.7 Å². The van der Waals surface area contributed by atoms with Crippen LogP contribution in [-0.4, -0.2) is 29.2 Å². The van der Waals surface area contributed by atoms with Crippen LogP contribution in [0.4, 0.5) is 0 Å². The maximum absolute atomic E-state index is 12.4. The number of likely N-dealkylation sites (N-methyl/N-ethyl adjacent to an activating group) is 1. The molecule has 94 valence electrons.